The molecule has 3 aliphatic heterocycles. The Kier molecular flexibility index (Phi) is 8.89. The number of ether oxygens (including phenoxy) is 1. The number of aromatic amines is 1. The minimum atomic E-state index is -0.372. The fourth-order valence-corrected chi connectivity index (χ4v) is 6.66. The zero-order valence-electron chi connectivity index (χ0n) is 24.5. The van der Waals surface area contributed by atoms with E-state index >= 15 is 0 Å². The van der Waals surface area contributed by atoms with Crippen LogP contribution in [0.1, 0.15) is 53.5 Å². The Labute approximate surface area is 246 Å². The summed E-state index contributed by atoms with van der Waals surface area (Å²) in [5.41, 5.74) is 3.96. The minimum absolute atomic E-state index is 0.0548. The van der Waals surface area contributed by atoms with Crippen molar-refractivity contribution in [2.24, 2.45) is 11.8 Å². The monoisotopic (exact) mass is 584 g/mol. The summed E-state index contributed by atoms with van der Waals surface area (Å²) >= 11 is 6.42. The molecule has 4 heterocycles. The summed E-state index contributed by atoms with van der Waals surface area (Å²) in [7, 11) is 0. The second-order valence-corrected chi connectivity index (χ2v) is 12.2. The first-order valence-electron chi connectivity index (χ1n) is 14.6. The number of benzene rings is 1. The number of halogens is 1. The summed E-state index contributed by atoms with van der Waals surface area (Å²) in [4.78, 5) is 46.1. The number of aromatic nitrogens is 2. The third-order valence-corrected chi connectivity index (χ3v) is 9.30. The Morgan fingerprint density at radius 2 is 1.73 bits per heavy atom. The third kappa shape index (κ3) is 6.54. The standard InChI is InChI=1S/C30H41ClN6O4/c1-19-6-7-25(14-27(19)31)37(30(40)41-26-8-12-35(13-9-26)22(4)38)11-5-10-34-15-23-17-36(18-24(23)16-34)29(39)28-20(2)32-33-21(28)3/h6-7,14,23-24,26H,5,8-13,15-18H2,1-4H3,(H,32,33). The predicted octanol–water partition coefficient (Wildman–Crippen LogP) is 4.04. The summed E-state index contributed by atoms with van der Waals surface area (Å²) in [5.74, 6) is 1.06. The second-order valence-electron chi connectivity index (χ2n) is 11.8. The first-order chi connectivity index (χ1) is 19.6. The van der Waals surface area contributed by atoms with E-state index in [-0.39, 0.29) is 24.0 Å². The number of rotatable bonds is 7. The van der Waals surface area contributed by atoms with E-state index in [1.165, 1.54) is 0 Å². The topological polar surface area (TPSA) is 102 Å². The lowest BCUT2D eigenvalue weighted by atomic mass is 10.0. The van der Waals surface area contributed by atoms with Gasteiger partial charge in [0.1, 0.15) is 6.10 Å². The van der Waals surface area contributed by atoms with Gasteiger partial charge in [-0.15, -0.1) is 0 Å². The molecule has 11 heteroatoms. The highest BCUT2D eigenvalue weighted by Crippen LogP contribution is 2.33. The van der Waals surface area contributed by atoms with Crippen LogP contribution >= 0.6 is 11.6 Å². The number of nitrogens with one attached hydrogen (secondary N) is 1. The summed E-state index contributed by atoms with van der Waals surface area (Å²) in [6.07, 6.45) is 1.50. The Morgan fingerprint density at radius 3 is 2.32 bits per heavy atom. The van der Waals surface area contributed by atoms with Gasteiger partial charge in [0.2, 0.25) is 5.91 Å². The number of fused-ring (bicyclic) bond motifs is 1. The molecule has 1 N–H and O–H groups in total. The van der Waals surface area contributed by atoms with E-state index in [0.717, 1.165) is 61.8 Å². The van der Waals surface area contributed by atoms with Crippen LogP contribution in [0.2, 0.25) is 5.02 Å². The molecule has 5 rings (SSSR count). The van der Waals surface area contributed by atoms with Gasteiger partial charge in [-0.25, -0.2) is 4.79 Å². The van der Waals surface area contributed by atoms with Crippen molar-refractivity contribution in [2.75, 3.05) is 57.3 Å². The average Bonchev–Trinajstić information content (AvgIpc) is 3.61. The van der Waals surface area contributed by atoms with E-state index in [9.17, 15) is 14.4 Å². The van der Waals surface area contributed by atoms with Crippen molar-refractivity contribution in [3.05, 3.63) is 45.7 Å². The molecule has 3 saturated heterocycles. The molecule has 41 heavy (non-hydrogen) atoms. The van der Waals surface area contributed by atoms with Gasteiger partial charge in [-0.1, -0.05) is 17.7 Å². The molecule has 0 bridgehead atoms. The molecule has 1 aromatic heterocycles. The second kappa shape index (κ2) is 12.4. The van der Waals surface area contributed by atoms with E-state index in [0.29, 0.717) is 54.9 Å². The molecule has 3 aliphatic rings. The SMILES string of the molecule is CC(=O)N1CCC(OC(=O)N(CCCN2CC3CN(C(=O)c4c(C)n[nH]c4C)CC3C2)c2ccc(C)c(Cl)c2)CC1. The predicted molar refractivity (Wildman–Crippen MR) is 157 cm³/mol. The van der Waals surface area contributed by atoms with Crippen molar-refractivity contribution in [3.8, 4) is 0 Å². The highest BCUT2D eigenvalue weighted by atomic mass is 35.5. The molecule has 3 amide bonds. The number of H-pyrrole nitrogens is 1. The van der Waals surface area contributed by atoms with Crippen LogP contribution in [-0.2, 0) is 9.53 Å². The van der Waals surface area contributed by atoms with Crippen LogP contribution in [0.3, 0.4) is 0 Å². The molecule has 3 fully saturated rings. The summed E-state index contributed by atoms with van der Waals surface area (Å²) in [6, 6.07) is 5.66. The fourth-order valence-electron chi connectivity index (χ4n) is 6.49. The van der Waals surface area contributed by atoms with E-state index < -0.39 is 0 Å². The van der Waals surface area contributed by atoms with Crippen molar-refractivity contribution in [2.45, 2.75) is 53.1 Å². The minimum Gasteiger partial charge on any atom is -0.446 e. The molecule has 2 unspecified atom stereocenters. The molecule has 222 valence electrons. The molecule has 10 nitrogen and oxygen atoms in total. The molecule has 0 saturated carbocycles. The number of anilines is 1. The number of piperidine rings is 1. The maximum Gasteiger partial charge on any atom is 0.414 e. The lowest BCUT2D eigenvalue weighted by molar-refractivity contribution is -0.130. The smallest absolute Gasteiger partial charge is 0.414 e. The van der Waals surface area contributed by atoms with Crippen LogP contribution in [0, 0.1) is 32.6 Å². The van der Waals surface area contributed by atoms with Gasteiger partial charge in [-0.3, -0.25) is 19.6 Å². The molecule has 1 aromatic carbocycles. The number of nitrogens with zero attached hydrogens (tertiary/aromatic N) is 5. The van der Waals surface area contributed by atoms with Crippen molar-refractivity contribution < 1.29 is 19.1 Å². The number of hydrogen-bond acceptors (Lipinski definition) is 6. The number of aryl methyl sites for hydroxylation is 3. The lowest BCUT2D eigenvalue weighted by Gasteiger charge is -2.32. The van der Waals surface area contributed by atoms with Crippen LogP contribution in [0.5, 0.6) is 0 Å². The van der Waals surface area contributed by atoms with Crippen molar-refractivity contribution in [1.82, 2.24) is 24.9 Å². The van der Waals surface area contributed by atoms with Gasteiger partial charge < -0.3 is 19.4 Å². The Hall–Kier alpha value is -3.11. The van der Waals surface area contributed by atoms with Crippen LogP contribution < -0.4 is 4.90 Å². The van der Waals surface area contributed by atoms with E-state index in [4.69, 9.17) is 16.3 Å². The van der Waals surface area contributed by atoms with Gasteiger partial charge in [0.25, 0.3) is 5.91 Å². The lowest BCUT2D eigenvalue weighted by Crippen LogP contribution is -2.43. The number of hydrogen-bond donors (Lipinski definition) is 1. The molecule has 2 atom stereocenters. The van der Waals surface area contributed by atoms with Gasteiger partial charge in [-0.05, 0) is 63.3 Å². The fraction of sp³-hybridized carbons (Fsp3) is 0.600. The van der Waals surface area contributed by atoms with Crippen molar-refractivity contribution in [1.29, 1.82) is 0 Å². The Morgan fingerprint density at radius 1 is 1.05 bits per heavy atom. The normalized spacial score (nSPS) is 21.3. The van der Waals surface area contributed by atoms with E-state index in [1.54, 1.807) is 16.7 Å². The average molecular weight is 585 g/mol. The maximum absolute atomic E-state index is 13.4. The van der Waals surface area contributed by atoms with Crippen molar-refractivity contribution in [3.63, 3.8) is 0 Å². The summed E-state index contributed by atoms with van der Waals surface area (Å²) < 4.78 is 5.92. The van der Waals surface area contributed by atoms with Gasteiger partial charge >= 0.3 is 6.09 Å². The highest BCUT2D eigenvalue weighted by molar-refractivity contribution is 6.31. The van der Waals surface area contributed by atoms with E-state index in [1.807, 2.05) is 43.9 Å². The maximum atomic E-state index is 13.4. The van der Waals surface area contributed by atoms with E-state index in [2.05, 4.69) is 15.1 Å². The van der Waals surface area contributed by atoms with Gasteiger partial charge in [0, 0.05) is 82.0 Å². The van der Waals surface area contributed by atoms with Gasteiger partial charge in [-0.2, -0.15) is 5.10 Å². The number of carbonyl (C=O) groups is 3. The van der Waals surface area contributed by atoms with Gasteiger partial charge in [0.05, 0.1) is 11.3 Å². The Bertz CT molecular complexity index is 1260. The molecule has 0 aliphatic carbocycles. The molecule has 0 radical (unpaired) electrons. The zero-order valence-corrected chi connectivity index (χ0v) is 25.2. The third-order valence-electron chi connectivity index (χ3n) is 8.89. The summed E-state index contributed by atoms with van der Waals surface area (Å²) in [6.45, 7) is 13.3. The molecule has 2 aromatic rings. The quantitative estimate of drug-likeness (QED) is 0.527. The van der Waals surface area contributed by atoms with Crippen LogP contribution in [-0.4, -0.2) is 101 Å². The zero-order chi connectivity index (χ0) is 29.3. The first-order valence-corrected chi connectivity index (χ1v) is 15.0. The number of likely N-dealkylation sites (tertiary alicyclic amines) is 3. The first kappa shape index (κ1) is 29.4. The van der Waals surface area contributed by atoms with Gasteiger partial charge in [0.15, 0.2) is 0 Å². The summed E-state index contributed by atoms with van der Waals surface area (Å²) in [5, 5.41) is 7.72. The molecular weight excluding hydrogens is 544 g/mol. The van der Waals surface area contributed by atoms with Crippen molar-refractivity contribution >= 4 is 35.2 Å². The molecule has 0 spiro atoms. The number of amides is 3. The van der Waals surface area contributed by atoms with Crippen LogP contribution in [0.25, 0.3) is 0 Å². The Balaban J connectivity index is 1.15. The highest BCUT2D eigenvalue weighted by Gasteiger charge is 2.42. The molecular formula is C30H41ClN6O4. The van der Waals surface area contributed by atoms with Crippen LogP contribution in [0.15, 0.2) is 18.2 Å². The number of carbonyl (C=O) groups excluding carboxylic acids is 3. The van der Waals surface area contributed by atoms with Crippen LogP contribution in [0.4, 0.5) is 10.5 Å². The largest absolute Gasteiger partial charge is 0.446 e.